The Morgan fingerprint density at radius 2 is 1.90 bits per heavy atom. The average molecular weight is 389 g/mol. The molecule has 0 atom stereocenters. The van der Waals surface area contributed by atoms with Gasteiger partial charge >= 0.3 is 5.97 Å². The van der Waals surface area contributed by atoms with Crippen LogP contribution in [0.25, 0.3) is 6.08 Å². The van der Waals surface area contributed by atoms with E-state index in [1.807, 2.05) is 25.1 Å². The highest BCUT2D eigenvalue weighted by Crippen LogP contribution is 2.24. The van der Waals surface area contributed by atoms with Crippen molar-refractivity contribution < 1.29 is 14.7 Å². The molecule has 2 aromatic carbocycles. The predicted octanol–water partition coefficient (Wildman–Crippen LogP) is 4.23. The Morgan fingerprint density at radius 1 is 1.14 bits per heavy atom. The first-order valence-electron chi connectivity index (χ1n) is 9.60. The summed E-state index contributed by atoms with van der Waals surface area (Å²) in [6.07, 6.45) is 5.23. The second kappa shape index (κ2) is 9.07. The number of carboxylic acid groups (broad SMARTS) is 1. The van der Waals surface area contributed by atoms with E-state index in [1.165, 1.54) is 37.5 Å². The van der Waals surface area contributed by atoms with E-state index in [0.717, 1.165) is 29.9 Å². The number of aromatic carboxylic acids is 1. The first-order valence-corrected chi connectivity index (χ1v) is 9.60. The lowest BCUT2D eigenvalue weighted by molar-refractivity contribution is -0.112. The van der Waals surface area contributed by atoms with E-state index in [1.54, 1.807) is 12.1 Å². The van der Waals surface area contributed by atoms with Crippen LogP contribution in [0.1, 0.15) is 40.7 Å². The number of nitrogens with one attached hydrogen (secondary N) is 1. The van der Waals surface area contributed by atoms with Crippen molar-refractivity contribution in [1.29, 1.82) is 5.26 Å². The second-order valence-corrected chi connectivity index (χ2v) is 7.10. The van der Waals surface area contributed by atoms with Crippen molar-refractivity contribution >= 4 is 29.3 Å². The largest absolute Gasteiger partial charge is 0.478 e. The number of anilines is 2. The van der Waals surface area contributed by atoms with E-state index in [2.05, 4.69) is 16.3 Å². The van der Waals surface area contributed by atoms with Crippen molar-refractivity contribution in [3.63, 3.8) is 0 Å². The van der Waals surface area contributed by atoms with Crippen LogP contribution in [0.5, 0.6) is 0 Å². The molecule has 0 aromatic heterocycles. The van der Waals surface area contributed by atoms with E-state index in [9.17, 15) is 14.9 Å². The highest BCUT2D eigenvalue weighted by molar-refractivity contribution is 6.10. The van der Waals surface area contributed by atoms with E-state index in [0.29, 0.717) is 5.69 Å². The first kappa shape index (κ1) is 20.2. The lowest BCUT2D eigenvalue weighted by Crippen LogP contribution is -2.29. The lowest BCUT2D eigenvalue weighted by Gasteiger charge is -2.29. The average Bonchev–Trinajstić information content (AvgIpc) is 2.73. The van der Waals surface area contributed by atoms with Crippen LogP contribution in [0, 0.1) is 18.3 Å². The topological polar surface area (TPSA) is 93.4 Å². The summed E-state index contributed by atoms with van der Waals surface area (Å²) in [5.74, 6) is -1.66. The maximum Gasteiger partial charge on any atom is 0.335 e. The number of carbonyl (C=O) groups excluding carboxylic acids is 1. The van der Waals surface area contributed by atoms with Gasteiger partial charge < -0.3 is 15.3 Å². The predicted molar refractivity (Wildman–Crippen MR) is 113 cm³/mol. The van der Waals surface area contributed by atoms with Crippen molar-refractivity contribution in [2.45, 2.75) is 26.2 Å². The van der Waals surface area contributed by atoms with Gasteiger partial charge in [-0.2, -0.15) is 5.26 Å². The minimum absolute atomic E-state index is 0.0421. The summed E-state index contributed by atoms with van der Waals surface area (Å²) in [7, 11) is 0. The Labute approximate surface area is 170 Å². The summed E-state index contributed by atoms with van der Waals surface area (Å²) in [5.41, 5.74) is 3.30. The molecule has 6 heteroatoms. The molecular formula is C23H23N3O3. The van der Waals surface area contributed by atoms with Gasteiger partial charge in [0.15, 0.2) is 0 Å². The number of amides is 1. The van der Waals surface area contributed by atoms with Gasteiger partial charge in [-0.05, 0) is 73.7 Å². The molecule has 6 nitrogen and oxygen atoms in total. The molecule has 0 aliphatic carbocycles. The number of carbonyl (C=O) groups is 2. The van der Waals surface area contributed by atoms with Crippen LogP contribution < -0.4 is 10.2 Å². The Bertz CT molecular complexity index is 999. The normalized spacial score (nSPS) is 14.2. The van der Waals surface area contributed by atoms with Crippen molar-refractivity contribution in [3.8, 4) is 6.07 Å². The number of piperidine rings is 1. The zero-order valence-corrected chi connectivity index (χ0v) is 16.3. The molecule has 2 aromatic rings. The fraction of sp³-hybridized carbons (Fsp3) is 0.261. The first-order chi connectivity index (χ1) is 14.0. The van der Waals surface area contributed by atoms with Crippen molar-refractivity contribution in [2.24, 2.45) is 0 Å². The SMILES string of the molecule is Cc1cc(N2CCCCC2)ccc1C=C(C#N)C(=O)Nc1cccc(C(=O)O)c1. The van der Waals surface area contributed by atoms with Crippen molar-refractivity contribution in [1.82, 2.24) is 0 Å². The molecule has 0 spiro atoms. The van der Waals surface area contributed by atoms with Crippen LogP contribution in [-0.2, 0) is 4.79 Å². The number of rotatable bonds is 5. The molecule has 29 heavy (non-hydrogen) atoms. The number of carboxylic acids is 1. The summed E-state index contributed by atoms with van der Waals surface area (Å²) < 4.78 is 0. The molecule has 0 radical (unpaired) electrons. The number of benzene rings is 2. The highest BCUT2D eigenvalue weighted by atomic mass is 16.4. The van der Waals surface area contributed by atoms with Gasteiger partial charge in [-0.1, -0.05) is 12.1 Å². The minimum atomic E-state index is -1.08. The molecule has 1 aliphatic rings. The van der Waals surface area contributed by atoms with Gasteiger partial charge in [-0.3, -0.25) is 4.79 Å². The third-order valence-corrected chi connectivity index (χ3v) is 5.01. The Balaban J connectivity index is 1.78. The van der Waals surface area contributed by atoms with Crippen LogP contribution in [-0.4, -0.2) is 30.1 Å². The van der Waals surface area contributed by atoms with Crippen LogP contribution in [0.4, 0.5) is 11.4 Å². The molecular weight excluding hydrogens is 366 g/mol. The molecule has 1 saturated heterocycles. The van der Waals surface area contributed by atoms with Gasteiger partial charge in [0, 0.05) is 24.5 Å². The summed E-state index contributed by atoms with van der Waals surface area (Å²) in [5, 5.41) is 21.1. The molecule has 1 heterocycles. The highest BCUT2D eigenvalue weighted by Gasteiger charge is 2.14. The Hall–Kier alpha value is -3.59. The van der Waals surface area contributed by atoms with Crippen molar-refractivity contribution in [2.75, 3.05) is 23.3 Å². The monoisotopic (exact) mass is 389 g/mol. The van der Waals surface area contributed by atoms with Gasteiger partial charge in [0.2, 0.25) is 0 Å². The number of hydrogen-bond acceptors (Lipinski definition) is 4. The third-order valence-electron chi connectivity index (χ3n) is 5.01. The van der Waals surface area contributed by atoms with Crippen LogP contribution in [0.15, 0.2) is 48.0 Å². The van der Waals surface area contributed by atoms with Gasteiger partial charge in [-0.25, -0.2) is 4.79 Å². The minimum Gasteiger partial charge on any atom is -0.478 e. The van der Waals surface area contributed by atoms with Crippen LogP contribution >= 0.6 is 0 Å². The Kier molecular flexibility index (Phi) is 6.30. The zero-order valence-electron chi connectivity index (χ0n) is 16.3. The van der Waals surface area contributed by atoms with E-state index < -0.39 is 11.9 Å². The van der Waals surface area contributed by atoms with E-state index in [-0.39, 0.29) is 11.1 Å². The van der Waals surface area contributed by atoms with Crippen LogP contribution in [0.2, 0.25) is 0 Å². The molecule has 2 N–H and O–H groups in total. The molecule has 1 aliphatic heterocycles. The number of hydrogen-bond donors (Lipinski definition) is 2. The maximum atomic E-state index is 12.5. The van der Waals surface area contributed by atoms with Gasteiger partial charge in [0.05, 0.1) is 5.56 Å². The van der Waals surface area contributed by atoms with Crippen LogP contribution in [0.3, 0.4) is 0 Å². The van der Waals surface area contributed by atoms with Gasteiger partial charge in [-0.15, -0.1) is 0 Å². The number of aryl methyl sites for hydroxylation is 1. The second-order valence-electron chi connectivity index (χ2n) is 7.10. The molecule has 0 unspecified atom stereocenters. The maximum absolute atomic E-state index is 12.5. The van der Waals surface area contributed by atoms with E-state index >= 15 is 0 Å². The number of nitrogens with zero attached hydrogens (tertiary/aromatic N) is 2. The van der Waals surface area contributed by atoms with Gasteiger partial charge in [0.1, 0.15) is 11.6 Å². The summed E-state index contributed by atoms with van der Waals surface area (Å²) in [6, 6.07) is 13.9. The zero-order chi connectivity index (χ0) is 20.8. The summed E-state index contributed by atoms with van der Waals surface area (Å²) in [6.45, 7) is 4.06. The standard InChI is InChI=1S/C23H23N3O3/c1-16-12-21(26-10-3-2-4-11-26)9-8-17(16)13-19(15-24)22(27)25-20-7-5-6-18(14-20)23(28)29/h5-9,12-14H,2-4,10-11H2,1H3,(H,25,27)(H,28,29). The third kappa shape index (κ3) is 5.02. The number of nitriles is 1. The molecule has 0 bridgehead atoms. The molecule has 3 rings (SSSR count). The fourth-order valence-corrected chi connectivity index (χ4v) is 3.40. The Morgan fingerprint density at radius 3 is 2.55 bits per heavy atom. The molecule has 1 fully saturated rings. The quantitative estimate of drug-likeness (QED) is 0.590. The van der Waals surface area contributed by atoms with Crippen molar-refractivity contribution in [3.05, 3.63) is 64.7 Å². The van der Waals surface area contributed by atoms with E-state index in [4.69, 9.17) is 5.11 Å². The molecule has 0 saturated carbocycles. The smallest absolute Gasteiger partial charge is 0.335 e. The lowest BCUT2D eigenvalue weighted by atomic mass is 10.0. The molecule has 148 valence electrons. The van der Waals surface area contributed by atoms with Gasteiger partial charge in [0.25, 0.3) is 5.91 Å². The summed E-state index contributed by atoms with van der Waals surface area (Å²) >= 11 is 0. The summed E-state index contributed by atoms with van der Waals surface area (Å²) in [4.78, 5) is 25.9. The molecule has 1 amide bonds. The fourth-order valence-electron chi connectivity index (χ4n) is 3.40.